The summed E-state index contributed by atoms with van der Waals surface area (Å²) in [6.07, 6.45) is 6.63. The Morgan fingerprint density at radius 2 is 1.78 bits per heavy atom. The van der Waals surface area contributed by atoms with Gasteiger partial charge in [-0.15, -0.1) is 0 Å². The smallest absolute Gasteiger partial charge is 0.409 e. The van der Waals surface area contributed by atoms with Crippen LogP contribution < -0.4 is 4.74 Å². The van der Waals surface area contributed by atoms with Gasteiger partial charge in [-0.2, -0.15) is 22.7 Å². The Balaban J connectivity index is 1.29. The molecule has 11 nitrogen and oxygen atoms in total. The molecule has 0 radical (unpaired) electrons. The number of likely N-dealkylation sites (tertiary alicyclic amines) is 1. The molecule has 1 saturated heterocycles. The van der Waals surface area contributed by atoms with Gasteiger partial charge in [0.1, 0.15) is 5.69 Å². The molecule has 49 heavy (non-hydrogen) atoms. The fourth-order valence-corrected chi connectivity index (χ4v) is 8.68. The molecule has 4 heterocycles. The number of carbonyl (C=O) groups excluding carboxylic acids is 1. The molecule has 0 unspecified atom stereocenters. The number of aromatic nitrogens is 5. The highest BCUT2D eigenvalue weighted by Crippen LogP contribution is 2.55. The van der Waals surface area contributed by atoms with Crippen LogP contribution in [0.4, 0.5) is 4.79 Å². The minimum atomic E-state index is -4.00. The quantitative estimate of drug-likeness (QED) is 0.146. The van der Waals surface area contributed by atoms with Gasteiger partial charge in [-0.25, -0.2) is 9.78 Å². The van der Waals surface area contributed by atoms with Gasteiger partial charge in [-0.1, -0.05) is 42.6 Å². The normalized spacial score (nSPS) is 15.8. The Hall–Kier alpha value is -4.42. The van der Waals surface area contributed by atoms with Crippen LogP contribution in [0.3, 0.4) is 0 Å². The number of ether oxygens (including phenoxy) is 2. The largest absolute Gasteiger partial charge is 0.481 e. The second-order valence-electron chi connectivity index (χ2n) is 13.3. The first-order chi connectivity index (χ1) is 23.5. The average Bonchev–Trinajstić information content (AvgIpc) is 3.62. The Morgan fingerprint density at radius 1 is 1.04 bits per heavy atom. The summed E-state index contributed by atoms with van der Waals surface area (Å²) in [7, 11) is -2.43. The number of aryl methyl sites for hydroxylation is 2. The first kappa shape index (κ1) is 33.1. The van der Waals surface area contributed by atoms with Gasteiger partial charge in [0.25, 0.3) is 10.0 Å². The van der Waals surface area contributed by atoms with Crippen LogP contribution in [0.2, 0.25) is 5.02 Å². The van der Waals surface area contributed by atoms with Crippen molar-refractivity contribution in [3.05, 3.63) is 76.7 Å². The number of benzene rings is 2. The maximum atomic E-state index is 13.8. The molecule has 1 amide bonds. The first-order valence-electron chi connectivity index (χ1n) is 16.5. The van der Waals surface area contributed by atoms with Crippen LogP contribution in [-0.4, -0.2) is 70.2 Å². The van der Waals surface area contributed by atoms with Crippen LogP contribution in [0.1, 0.15) is 55.5 Å². The first-order valence-corrected chi connectivity index (χ1v) is 18.3. The maximum Gasteiger partial charge on any atom is 0.409 e. The lowest BCUT2D eigenvalue weighted by atomic mass is 9.61. The van der Waals surface area contributed by atoms with E-state index in [9.17, 15) is 13.2 Å². The SMILES string of the molecule is CCCCOC(=O)N1CC2(CC(n3nc(-c4ccc(OC)nc4)c(-c4c(Cl)c(C)cc5c4cnn5S(=O)(=O)c4ccc(C)cc4)c3C)C2)C1. The average molecular weight is 703 g/mol. The van der Waals surface area contributed by atoms with Gasteiger partial charge in [0, 0.05) is 58.5 Å². The monoisotopic (exact) mass is 702 g/mol. The molecule has 1 aliphatic carbocycles. The van der Waals surface area contributed by atoms with Crippen molar-refractivity contribution in [2.75, 3.05) is 26.8 Å². The van der Waals surface area contributed by atoms with Crippen molar-refractivity contribution in [2.45, 2.75) is 64.3 Å². The van der Waals surface area contributed by atoms with E-state index in [2.05, 4.69) is 21.7 Å². The van der Waals surface area contributed by atoms with Crippen molar-refractivity contribution in [1.82, 2.24) is 28.9 Å². The molecule has 2 fully saturated rings. The van der Waals surface area contributed by atoms with Crippen molar-refractivity contribution in [3.8, 4) is 28.3 Å². The minimum absolute atomic E-state index is 0.0502. The Labute approximate surface area is 290 Å². The Bertz CT molecular complexity index is 2160. The van der Waals surface area contributed by atoms with Crippen LogP contribution in [0.5, 0.6) is 5.88 Å². The second-order valence-corrected chi connectivity index (χ2v) is 15.5. The number of unbranched alkanes of at least 4 members (excludes halogenated alkanes) is 1. The molecule has 1 saturated carbocycles. The lowest BCUT2D eigenvalue weighted by molar-refractivity contribution is -0.0825. The molecule has 2 aliphatic rings. The molecule has 7 rings (SSSR count). The van der Waals surface area contributed by atoms with Gasteiger partial charge >= 0.3 is 6.09 Å². The van der Waals surface area contributed by atoms with E-state index in [0.717, 1.165) is 52.2 Å². The number of methoxy groups -OCH3 is 1. The third kappa shape index (κ3) is 5.64. The molecule has 2 aromatic carbocycles. The summed E-state index contributed by atoms with van der Waals surface area (Å²) in [4.78, 5) is 18.9. The third-order valence-corrected chi connectivity index (χ3v) is 11.9. The van der Waals surface area contributed by atoms with E-state index in [1.807, 2.05) is 26.8 Å². The number of nitrogens with zero attached hydrogens (tertiary/aromatic N) is 6. The van der Waals surface area contributed by atoms with E-state index in [1.54, 1.807) is 60.8 Å². The predicted molar refractivity (Wildman–Crippen MR) is 188 cm³/mol. The number of hydrogen-bond donors (Lipinski definition) is 0. The van der Waals surface area contributed by atoms with Crippen molar-refractivity contribution < 1.29 is 22.7 Å². The molecule has 0 N–H and O–H groups in total. The standard InChI is InChI=1S/C36H39ClN6O5S/c1-6-7-14-48-35(44)41-20-36(21-41)16-26(17-36)42-24(4)31(34(40-42)25-10-13-30(47-5)38-18-25)32-28-19-39-43(29(28)15-23(3)33(32)37)49(45,46)27-11-8-22(2)9-12-27/h8-13,15,18-19,26H,6-7,14,16-17,20-21H2,1-5H3. The molecule has 0 bridgehead atoms. The Kier molecular flexibility index (Phi) is 8.43. The second kappa shape index (κ2) is 12.5. The molecule has 1 aliphatic heterocycles. The van der Waals surface area contributed by atoms with Crippen LogP contribution >= 0.6 is 11.6 Å². The molecular formula is C36H39ClN6O5S. The van der Waals surface area contributed by atoms with E-state index in [4.69, 9.17) is 26.2 Å². The summed E-state index contributed by atoms with van der Waals surface area (Å²) in [5.41, 5.74) is 5.92. The van der Waals surface area contributed by atoms with Gasteiger partial charge in [-0.05, 0) is 69.9 Å². The fraction of sp³-hybridized carbons (Fsp3) is 0.389. The Morgan fingerprint density at radius 3 is 2.43 bits per heavy atom. The van der Waals surface area contributed by atoms with Crippen molar-refractivity contribution >= 4 is 38.6 Å². The summed E-state index contributed by atoms with van der Waals surface area (Å²) in [5.74, 6) is 0.476. The van der Waals surface area contributed by atoms with E-state index in [-0.39, 0.29) is 22.4 Å². The van der Waals surface area contributed by atoms with Gasteiger partial charge in [-0.3, -0.25) is 4.68 Å². The summed E-state index contributed by atoms with van der Waals surface area (Å²) in [6.45, 7) is 9.66. The zero-order valence-corrected chi connectivity index (χ0v) is 29.8. The van der Waals surface area contributed by atoms with E-state index in [0.29, 0.717) is 58.3 Å². The minimum Gasteiger partial charge on any atom is -0.481 e. The number of pyridine rings is 1. The van der Waals surface area contributed by atoms with Crippen LogP contribution in [0, 0.1) is 26.2 Å². The van der Waals surface area contributed by atoms with Gasteiger partial charge in [0.2, 0.25) is 5.88 Å². The van der Waals surface area contributed by atoms with Crippen molar-refractivity contribution in [1.29, 1.82) is 0 Å². The number of carbonyl (C=O) groups is 1. The topological polar surface area (TPSA) is 121 Å². The molecule has 3 aromatic heterocycles. The van der Waals surface area contributed by atoms with E-state index < -0.39 is 10.0 Å². The maximum absolute atomic E-state index is 13.8. The molecule has 5 aromatic rings. The molecule has 256 valence electrons. The fourth-order valence-electron chi connectivity index (χ4n) is 7.17. The summed E-state index contributed by atoms with van der Waals surface area (Å²) >= 11 is 7.14. The highest BCUT2D eigenvalue weighted by molar-refractivity contribution is 7.90. The molecule has 13 heteroatoms. The van der Waals surface area contributed by atoms with Crippen LogP contribution in [0.15, 0.2) is 59.8 Å². The lowest BCUT2D eigenvalue weighted by Crippen LogP contribution is -2.64. The number of rotatable bonds is 9. The summed E-state index contributed by atoms with van der Waals surface area (Å²) in [6, 6.07) is 12.3. The van der Waals surface area contributed by atoms with E-state index in [1.165, 1.54) is 0 Å². The van der Waals surface area contributed by atoms with E-state index >= 15 is 0 Å². The highest BCUT2D eigenvalue weighted by atomic mass is 35.5. The van der Waals surface area contributed by atoms with Gasteiger partial charge < -0.3 is 14.4 Å². The van der Waals surface area contributed by atoms with Crippen molar-refractivity contribution in [2.24, 2.45) is 5.41 Å². The van der Waals surface area contributed by atoms with Gasteiger partial charge in [0.05, 0.1) is 41.4 Å². The summed E-state index contributed by atoms with van der Waals surface area (Å²) in [5, 5.41) is 10.7. The third-order valence-electron chi connectivity index (χ3n) is 9.84. The lowest BCUT2D eigenvalue weighted by Gasteiger charge is -2.58. The molecular weight excluding hydrogens is 664 g/mol. The zero-order valence-electron chi connectivity index (χ0n) is 28.2. The molecule has 1 spiro atoms. The number of hydrogen-bond acceptors (Lipinski definition) is 8. The van der Waals surface area contributed by atoms with Crippen molar-refractivity contribution in [3.63, 3.8) is 0 Å². The number of fused-ring (bicyclic) bond motifs is 1. The summed E-state index contributed by atoms with van der Waals surface area (Å²) < 4.78 is 41.6. The zero-order chi connectivity index (χ0) is 34.7. The molecule has 0 atom stereocenters. The predicted octanol–water partition coefficient (Wildman–Crippen LogP) is 7.36. The van der Waals surface area contributed by atoms with Crippen LogP contribution in [-0.2, 0) is 14.8 Å². The highest BCUT2D eigenvalue weighted by Gasteiger charge is 2.55. The number of amides is 1. The van der Waals surface area contributed by atoms with Crippen LogP contribution in [0.25, 0.3) is 33.3 Å². The van der Waals surface area contributed by atoms with Gasteiger partial charge in [0.15, 0.2) is 0 Å². The number of halogens is 1.